The summed E-state index contributed by atoms with van der Waals surface area (Å²) < 4.78 is 11.5. The third-order valence-corrected chi connectivity index (χ3v) is 4.82. The molecule has 0 radical (unpaired) electrons. The Morgan fingerprint density at radius 3 is 2.62 bits per heavy atom. The van der Waals surface area contributed by atoms with E-state index in [-0.39, 0.29) is 5.91 Å². The lowest BCUT2D eigenvalue weighted by Gasteiger charge is -2.29. The van der Waals surface area contributed by atoms with Crippen LogP contribution < -0.4 is 10.1 Å². The van der Waals surface area contributed by atoms with Crippen LogP contribution in [0.1, 0.15) is 22.8 Å². The smallest absolute Gasteiger partial charge is 0.252 e. The Kier molecular flexibility index (Phi) is 6.27. The molecule has 0 aromatic heterocycles. The Bertz CT molecular complexity index is 738. The lowest BCUT2D eigenvalue weighted by molar-refractivity contribution is 0.00315. The normalized spacial score (nSPS) is 13.2. The maximum atomic E-state index is 12.5. The Labute approximate surface area is 155 Å². The fraction of sp³-hybridized carbons (Fsp3) is 0.278. The van der Waals surface area contributed by atoms with Crippen molar-refractivity contribution in [3.63, 3.8) is 0 Å². The molecule has 1 atom stereocenters. The van der Waals surface area contributed by atoms with Gasteiger partial charge in [0.2, 0.25) is 0 Å². The summed E-state index contributed by atoms with van der Waals surface area (Å²) >= 11 is 9.44. The van der Waals surface area contributed by atoms with E-state index in [1.54, 1.807) is 38.5 Å². The van der Waals surface area contributed by atoms with Crippen molar-refractivity contribution in [2.24, 2.45) is 0 Å². The van der Waals surface area contributed by atoms with Gasteiger partial charge in [-0.15, -0.1) is 0 Å². The summed E-state index contributed by atoms with van der Waals surface area (Å²) in [5, 5.41) is 3.53. The van der Waals surface area contributed by atoms with E-state index < -0.39 is 5.60 Å². The minimum Gasteiger partial charge on any atom is -0.497 e. The van der Waals surface area contributed by atoms with Crippen molar-refractivity contribution in [2.75, 3.05) is 20.8 Å². The van der Waals surface area contributed by atoms with E-state index in [1.807, 2.05) is 25.1 Å². The van der Waals surface area contributed by atoms with Crippen LogP contribution >= 0.6 is 27.5 Å². The molecule has 1 N–H and O–H groups in total. The second-order valence-electron chi connectivity index (χ2n) is 5.47. The number of carbonyl (C=O) groups excluding carboxylic acids is 1. The first-order chi connectivity index (χ1) is 11.4. The van der Waals surface area contributed by atoms with Crippen LogP contribution in [0.5, 0.6) is 5.75 Å². The maximum absolute atomic E-state index is 12.5. The molecule has 0 aliphatic heterocycles. The van der Waals surface area contributed by atoms with E-state index in [0.717, 1.165) is 5.56 Å². The van der Waals surface area contributed by atoms with E-state index in [9.17, 15) is 4.79 Å². The number of benzene rings is 2. The highest BCUT2D eigenvalue weighted by Crippen LogP contribution is 2.27. The van der Waals surface area contributed by atoms with Crippen LogP contribution in [0.25, 0.3) is 0 Å². The molecule has 0 fully saturated rings. The highest BCUT2D eigenvalue weighted by molar-refractivity contribution is 9.10. The number of nitrogens with one attached hydrogen (secondary N) is 1. The van der Waals surface area contributed by atoms with Crippen LogP contribution in [-0.4, -0.2) is 26.7 Å². The van der Waals surface area contributed by atoms with Crippen LogP contribution in [-0.2, 0) is 10.3 Å². The molecule has 24 heavy (non-hydrogen) atoms. The quantitative estimate of drug-likeness (QED) is 0.765. The van der Waals surface area contributed by atoms with Gasteiger partial charge in [-0.05, 0) is 58.7 Å². The van der Waals surface area contributed by atoms with Crippen LogP contribution in [0.3, 0.4) is 0 Å². The molecule has 0 saturated carbocycles. The molecule has 0 saturated heterocycles. The maximum Gasteiger partial charge on any atom is 0.252 e. The van der Waals surface area contributed by atoms with Gasteiger partial charge in [0.05, 0.1) is 19.2 Å². The van der Waals surface area contributed by atoms with Crippen LogP contribution in [0.15, 0.2) is 46.9 Å². The van der Waals surface area contributed by atoms with Crippen molar-refractivity contribution >= 4 is 33.4 Å². The van der Waals surface area contributed by atoms with E-state index in [2.05, 4.69) is 21.2 Å². The topological polar surface area (TPSA) is 47.6 Å². The lowest BCUT2D eigenvalue weighted by Crippen LogP contribution is -2.40. The molecule has 0 bridgehead atoms. The Morgan fingerprint density at radius 1 is 1.25 bits per heavy atom. The van der Waals surface area contributed by atoms with Crippen LogP contribution in [0.4, 0.5) is 0 Å². The molecule has 2 aromatic carbocycles. The number of amides is 1. The van der Waals surface area contributed by atoms with Gasteiger partial charge in [-0.2, -0.15) is 0 Å². The van der Waals surface area contributed by atoms with Crippen molar-refractivity contribution < 1.29 is 14.3 Å². The fourth-order valence-electron chi connectivity index (χ4n) is 2.26. The number of rotatable bonds is 6. The fourth-order valence-corrected chi connectivity index (χ4v) is 2.88. The molecule has 2 aromatic rings. The molecule has 0 aliphatic rings. The average Bonchev–Trinajstić information content (AvgIpc) is 2.59. The predicted octanol–water partition coefficient (Wildman–Crippen LogP) is 4.40. The zero-order chi connectivity index (χ0) is 17.7. The first kappa shape index (κ1) is 18.8. The van der Waals surface area contributed by atoms with Gasteiger partial charge in [0.1, 0.15) is 11.4 Å². The largest absolute Gasteiger partial charge is 0.497 e. The van der Waals surface area contributed by atoms with Crippen molar-refractivity contribution in [1.82, 2.24) is 5.32 Å². The van der Waals surface area contributed by atoms with Gasteiger partial charge in [0, 0.05) is 16.6 Å². The molecular weight excluding hydrogens is 394 g/mol. The Hall–Kier alpha value is -1.56. The summed E-state index contributed by atoms with van der Waals surface area (Å²) in [4.78, 5) is 12.5. The van der Waals surface area contributed by atoms with Gasteiger partial charge < -0.3 is 14.8 Å². The minimum atomic E-state index is -0.689. The van der Waals surface area contributed by atoms with Crippen molar-refractivity contribution in [3.8, 4) is 5.75 Å². The number of carbonyl (C=O) groups is 1. The van der Waals surface area contributed by atoms with Gasteiger partial charge in [0.25, 0.3) is 5.91 Å². The molecule has 1 amide bonds. The number of hydrogen-bond acceptors (Lipinski definition) is 3. The number of hydrogen-bond donors (Lipinski definition) is 1. The zero-order valence-electron chi connectivity index (χ0n) is 13.7. The summed E-state index contributed by atoms with van der Waals surface area (Å²) in [6.07, 6.45) is 0. The Morgan fingerprint density at radius 2 is 2.00 bits per heavy atom. The molecule has 0 heterocycles. The third-order valence-electron chi connectivity index (χ3n) is 3.89. The van der Waals surface area contributed by atoms with Gasteiger partial charge in [0.15, 0.2) is 0 Å². The van der Waals surface area contributed by atoms with E-state index in [0.29, 0.717) is 27.4 Å². The summed E-state index contributed by atoms with van der Waals surface area (Å²) in [6.45, 7) is 2.20. The highest BCUT2D eigenvalue weighted by Gasteiger charge is 2.27. The van der Waals surface area contributed by atoms with Crippen LogP contribution in [0.2, 0.25) is 5.02 Å². The Balaban J connectivity index is 2.17. The average molecular weight is 413 g/mol. The molecule has 4 nitrogen and oxygen atoms in total. The molecule has 1 unspecified atom stereocenters. The van der Waals surface area contributed by atoms with Gasteiger partial charge >= 0.3 is 0 Å². The second-order valence-corrected chi connectivity index (χ2v) is 6.76. The molecule has 6 heteroatoms. The van der Waals surface area contributed by atoms with Crippen molar-refractivity contribution in [1.29, 1.82) is 0 Å². The summed E-state index contributed by atoms with van der Waals surface area (Å²) in [5.74, 6) is 0.402. The predicted molar refractivity (Wildman–Crippen MR) is 98.8 cm³/mol. The van der Waals surface area contributed by atoms with Crippen LogP contribution in [0, 0.1) is 0 Å². The third kappa shape index (κ3) is 4.29. The van der Waals surface area contributed by atoms with Gasteiger partial charge in [-0.3, -0.25) is 4.79 Å². The first-order valence-corrected chi connectivity index (χ1v) is 8.49. The SMILES string of the molecule is COc1ccc(Br)c(C(=O)NCC(C)(OC)c2cccc(Cl)c2)c1. The minimum absolute atomic E-state index is 0.217. The molecule has 2 rings (SSSR count). The molecule has 0 spiro atoms. The molecule has 0 aliphatic carbocycles. The summed E-state index contributed by atoms with van der Waals surface area (Å²) in [7, 11) is 3.17. The first-order valence-electron chi connectivity index (χ1n) is 7.32. The van der Waals surface area contributed by atoms with Crippen molar-refractivity contribution in [2.45, 2.75) is 12.5 Å². The van der Waals surface area contributed by atoms with E-state index in [1.165, 1.54) is 0 Å². The second kappa shape index (κ2) is 8.01. The number of methoxy groups -OCH3 is 2. The monoisotopic (exact) mass is 411 g/mol. The van der Waals surface area contributed by atoms with E-state index >= 15 is 0 Å². The number of ether oxygens (including phenoxy) is 2. The van der Waals surface area contributed by atoms with Crippen molar-refractivity contribution in [3.05, 3.63) is 63.1 Å². The van der Waals surface area contributed by atoms with E-state index in [4.69, 9.17) is 21.1 Å². The summed E-state index contributed by atoms with van der Waals surface area (Å²) in [5.41, 5.74) is 0.702. The number of halogens is 2. The van der Waals surface area contributed by atoms with Gasteiger partial charge in [-0.1, -0.05) is 23.7 Å². The molecular formula is C18H19BrClNO3. The summed E-state index contributed by atoms with van der Waals surface area (Å²) in [6, 6.07) is 12.7. The lowest BCUT2D eigenvalue weighted by atomic mass is 9.95. The standard InChI is InChI=1S/C18H19BrClNO3/c1-18(24-3,12-5-4-6-13(20)9-12)11-21-17(22)15-10-14(23-2)7-8-16(15)19/h4-10H,11H2,1-3H3,(H,21,22). The molecule has 128 valence electrons. The van der Waals surface area contributed by atoms with Gasteiger partial charge in [-0.25, -0.2) is 0 Å². The highest BCUT2D eigenvalue weighted by atomic mass is 79.9. The zero-order valence-corrected chi connectivity index (χ0v) is 16.1.